The monoisotopic (exact) mass is 266 g/mol. The van der Waals surface area contributed by atoms with Gasteiger partial charge in [0, 0.05) is 0 Å². The SMILES string of the molecule is CCCC[O][Sn](=[O])[CH2]CCC. The van der Waals surface area contributed by atoms with E-state index in [-0.39, 0.29) is 0 Å². The summed E-state index contributed by atoms with van der Waals surface area (Å²) < 4.78 is 17.2. The van der Waals surface area contributed by atoms with E-state index in [1.165, 1.54) is 0 Å². The molecule has 0 aliphatic carbocycles. The standard InChI is InChI=1S/C4H9O.C4H9.O.Sn/c1-2-3-4-5;1-3-4-2;;/h2-4H2,1H3;1,3-4H2,2H3;;/q-1;;;+1. The number of hydrogen-bond donors (Lipinski definition) is 0. The van der Waals surface area contributed by atoms with Crippen molar-refractivity contribution in [3.05, 3.63) is 0 Å². The van der Waals surface area contributed by atoms with Gasteiger partial charge in [0.1, 0.15) is 0 Å². The quantitative estimate of drug-likeness (QED) is 0.522. The van der Waals surface area contributed by atoms with Gasteiger partial charge in [0.15, 0.2) is 0 Å². The molecule has 0 rings (SSSR count). The average Bonchev–Trinajstić information content (AvgIpc) is 2.01. The van der Waals surface area contributed by atoms with Crippen LogP contribution in [0.1, 0.15) is 39.5 Å². The molecule has 0 N–H and O–H groups in total. The van der Waals surface area contributed by atoms with E-state index < -0.39 is 20.2 Å². The fourth-order valence-electron chi connectivity index (χ4n) is 0.724. The molecule has 0 amide bonds. The molecule has 0 atom stereocenters. The molecule has 0 radical (unpaired) electrons. The maximum atomic E-state index is 11.1. The first kappa shape index (κ1) is 11.6. The predicted octanol–water partition coefficient (Wildman–Crippen LogP) is 2.52. The van der Waals surface area contributed by atoms with E-state index in [1.54, 1.807) is 0 Å². The molecule has 0 unspecified atom stereocenters. The van der Waals surface area contributed by atoms with Crippen LogP contribution in [0.15, 0.2) is 0 Å². The van der Waals surface area contributed by atoms with Crippen LogP contribution in [0.3, 0.4) is 0 Å². The fraction of sp³-hybridized carbons (Fsp3) is 1.00. The molecule has 0 aliphatic rings. The second-order valence-electron chi connectivity index (χ2n) is 2.68. The van der Waals surface area contributed by atoms with Crippen LogP contribution in [0.25, 0.3) is 0 Å². The van der Waals surface area contributed by atoms with E-state index in [0.717, 1.165) is 36.7 Å². The van der Waals surface area contributed by atoms with Gasteiger partial charge in [0.25, 0.3) is 0 Å². The normalized spacial score (nSPS) is 10.0. The van der Waals surface area contributed by atoms with Gasteiger partial charge in [-0.15, -0.1) is 0 Å². The molecular weight excluding hydrogens is 247 g/mol. The van der Waals surface area contributed by atoms with Gasteiger partial charge < -0.3 is 0 Å². The zero-order chi connectivity index (χ0) is 8.53. The van der Waals surface area contributed by atoms with Crippen molar-refractivity contribution >= 4 is 20.2 Å². The number of rotatable bonds is 7. The van der Waals surface area contributed by atoms with E-state index in [4.69, 9.17) is 3.07 Å². The molecule has 0 aromatic carbocycles. The van der Waals surface area contributed by atoms with E-state index in [0.29, 0.717) is 0 Å². The zero-order valence-electron chi connectivity index (χ0n) is 7.56. The molecule has 2 nitrogen and oxygen atoms in total. The first-order chi connectivity index (χ1) is 5.31. The van der Waals surface area contributed by atoms with Crippen LogP contribution in [0.4, 0.5) is 0 Å². The molecular formula is C8H18O2Sn. The minimum atomic E-state index is -2.51. The second kappa shape index (κ2) is 8.65. The molecule has 11 heavy (non-hydrogen) atoms. The summed E-state index contributed by atoms with van der Waals surface area (Å²) in [5.41, 5.74) is 0. The fourth-order valence-corrected chi connectivity index (χ4v) is 4.03. The predicted molar refractivity (Wildman–Crippen MR) is 47.0 cm³/mol. The zero-order valence-corrected chi connectivity index (χ0v) is 10.4. The van der Waals surface area contributed by atoms with E-state index in [1.807, 2.05) is 0 Å². The van der Waals surface area contributed by atoms with Crippen LogP contribution in [0.5, 0.6) is 0 Å². The third-order valence-electron chi connectivity index (χ3n) is 1.50. The molecule has 0 aromatic heterocycles. The maximum absolute atomic E-state index is 11.1. The Kier molecular flexibility index (Phi) is 9.09. The molecule has 0 aromatic rings. The summed E-state index contributed by atoms with van der Waals surface area (Å²) in [5, 5.41) is 0. The summed E-state index contributed by atoms with van der Waals surface area (Å²) in [6, 6.07) is 0. The third kappa shape index (κ3) is 8.47. The van der Waals surface area contributed by atoms with Crippen molar-refractivity contribution in [1.29, 1.82) is 0 Å². The molecule has 3 heteroatoms. The Balaban J connectivity index is 3.09. The molecule has 0 saturated heterocycles. The van der Waals surface area contributed by atoms with Gasteiger partial charge in [0.05, 0.1) is 0 Å². The van der Waals surface area contributed by atoms with Gasteiger partial charge >= 0.3 is 76.9 Å². The number of unbranched alkanes of at least 4 members (excludes halogenated alkanes) is 2. The van der Waals surface area contributed by atoms with Gasteiger partial charge in [-0.05, 0) is 0 Å². The Labute approximate surface area is 77.0 Å². The summed E-state index contributed by atoms with van der Waals surface area (Å²) >= 11 is -2.51. The summed E-state index contributed by atoms with van der Waals surface area (Å²) in [5.74, 6) is 0. The van der Waals surface area contributed by atoms with Crippen LogP contribution < -0.4 is 0 Å². The summed E-state index contributed by atoms with van der Waals surface area (Å²) in [4.78, 5) is 0. The molecule has 0 saturated carbocycles. The van der Waals surface area contributed by atoms with Crippen molar-refractivity contribution in [3.63, 3.8) is 0 Å². The van der Waals surface area contributed by atoms with Crippen LogP contribution in [0, 0.1) is 0 Å². The average molecular weight is 265 g/mol. The van der Waals surface area contributed by atoms with Gasteiger partial charge in [-0.3, -0.25) is 0 Å². The van der Waals surface area contributed by atoms with Crippen molar-refractivity contribution < 1.29 is 6.15 Å². The number of hydrogen-bond acceptors (Lipinski definition) is 2. The Hall–Kier alpha value is 0.559. The van der Waals surface area contributed by atoms with Crippen molar-refractivity contribution in [2.75, 3.05) is 6.61 Å². The summed E-state index contributed by atoms with van der Waals surface area (Å²) in [6.45, 7) is 4.95. The first-order valence-electron chi connectivity index (χ1n) is 4.46. The topological polar surface area (TPSA) is 26.3 Å². The summed E-state index contributed by atoms with van der Waals surface area (Å²) in [6.07, 6.45) is 4.39. The molecule has 66 valence electrons. The second-order valence-corrected chi connectivity index (χ2v) is 7.05. The summed E-state index contributed by atoms with van der Waals surface area (Å²) in [7, 11) is 0. The molecule has 0 fully saturated rings. The molecule has 0 spiro atoms. The van der Waals surface area contributed by atoms with E-state index in [2.05, 4.69) is 13.8 Å². The minimum absolute atomic E-state index is 0.721. The first-order valence-corrected chi connectivity index (χ1v) is 8.81. The van der Waals surface area contributed by atoms with E-state index in [9.17, 15) is 3.08 Å². The van der Waals surface area contributed by atoms with Gasteiger partial charge in [-0.2, -0.15) is 0 Å². The van der Waals surface area contributed by atoms with Crippen LogP contribution in [-0.2, 0) is 6.15 Å². The van der Waals surface area contributed by atoms with Crippen molar-refractivity contribution in [3.8, 4) is 0 Å². The van der Waals surface area contributed by atoms with Gasteiger partial charge in [-0.1, -0.05) is 0 Å². The Bertz CT molecular complexity index is 104. The van der Waals surface area contributed by atoms with E-state index >= 15 is 0 Å². The van der Waals surface area contributed by atoms with Crippen LogP contribution >= 0.6 is 0 Å². The third-order valence-corrected chi connectivity index (χ3v) is 5.17. The van der Waals surface area contributed by atoms with Crippen molar-refractivity contribution in [1.82, 2.24) is 0 Å². The van der Waals surface area contributed by atoms with Crippen molar-refractivity contribution in [2.45, 2.75) is 44.0 Å². The van der Waals surface area contributed by atoms with Gasteiger partial charge in [0.2, 0.25) is 0 Å². The Morgan fingerprint density at radius 3 is 2.36 bits per heavy atom. The molecule has 0 heterocycles. The molecule has 0 aliphatic heterocycles. The van der Waals surface area contributed by atoms with Crippen LogP contribution in [0.2, 0.25) is 4.44 Å². The van der Waals surface area contributed by atoms with Crippen molar-refractivity contribution in [2.24, 2.45) is 0 Å². The van der Waals surface area contributed by atoms with Gasteiger partial charge in [-0.25, -0.2) is 0 Å². The molecule has 0 bridgehead atoms. The Morgan fingerprint density at radius 1 is 1.18 bits per heavy atom. The Morgan fingerprint density at radius 2 is 1.82 bits per heavy atom. The van der Waals surface area contributed by atoms with Crippen LogP contribution in [-0.4, -0.2) is 26.8 Å².